The van der Waals surface area contributed by atoms with E-state index in [1.54, 1.807) is 23.9 Å². The Morgan fingerprint density at radius 1 is 1.11 bits per heavy atom. The number of hydrogen-bond acceptors (Lipinski definition) is 4. The van der Waals surface area contributed by atoms with Gasteiger partial charge in [0.2, 0.25) is 0 Å². The van der Waals surface area contributed by atoms with Crippen molar-refractivity contribution >= 4 is 34.7 Å². The molecule has 4 nitrogen and oxygen atoms in total. The maximum absolute atomic E-state index is 11.2. The van der Waals surface area contributed by atoms with Crippen LogP contribution >= 0.6 is 11.8 Å². The van der Waals surface area contributed by atoms with Crippen LogP contribution in [-0.4, -0.2) is 12.2 Å². The van der Waals surface area contributed by atoms with Gasteiger partial charge in [-0.2, -0.15) is 0 Å². The van der Waals surface area contributed by atoms with Gasteiger partial charge in [-0.15, -0.1) is 11.8 Å². The first-order valence-corrected chi connectivity index (χ1v) is 6.93. The third kappa shape index (κ3) is 3.20. The van der Waals surface area contributed by atoms with Crippen LogP contribution in [0.5, 0.6) is 0 Å². The number of rotatable bonds is 4. The molecule has 0 unspecified atom stereocenters. The van der Waals surface area contributed by atoms with Crippen molar-refractivity contribution in [3.63, 3.8) is 0 Å². The number of hydrogen-bond donors (Lipinski definition) is 3. The lowest BCUT2D eigenvalue weighted by atomic mass is 10.1. The molecular weight excluding hydrogens is 258 g/mol. The van der Waals surface area contributed by atoms with Gasteiger partial charge >= 0.3 is 0 Å². The number of carbonyl (C=O) groups excluding carboxylic acids is 1. The summed E-state index contributed by atoms with van der Waals surface area (Å²) >= 11 is 1.69. The average molecular weight is 273 g/mol. The van der Waals surface area contributed by atoms with Crippen molar-refractivity contribution in [3.8, 4) is 0 Å². The molecule has 0 aliphatic carbocycles. The zero-order valence-corrected chi connectivity index (χ0v) is 11.3. The van der Waals surface area contributed by atoms with Crippen LogP contribution < -0.4 is 16.8 Å². The molecule has 19 heavy (non-hydrogen) atoms. The number of nitrogen functional groups attached to an aromatic ring is 1. The first kappa shape index (κ1) is 13.3. The predicted octanol–water partition coefficient (Wildman–Crippen LogP) is 2.83. The van der Waals surface area contributed by atoms with Gasteiger partial charge < -0.3 is 16.8 Å². The second-order valence-corrected chi connectivity index (χ2v) is 4.90. The maximum Gasteiger partial charge on any atom is 0.250 e. The first-order valence-electron chi connectivity index (χ1n) is 5.70. The average Bonchev–Trinajstić information content (AvgIpc) is 2.41. The number of nitrogens with one attached hydrogen (secondary N) is 1. The summed E-state index contributed by atoms with van der Waals surface area (Å²) in [5.74, 6) is -0.529. The van der Waals surface area contributed by atoms with Gasteiger partial charge in [0.05, 0.1) is 5.56 Å². The van der Waals surface area contributed by atoms with E-state index in [0.29, 0.717) is 11.3 Å². The Balaban J connectivity index is 2.22. The summed E-state index contributed by atoms with van der Waals surface area (Å²) in [7, 11) is 0. The van der Waals surface area contributed by atoms with Crippen LogP contribution in [0.3, 0.4) is 0 Å². The van der Waals surface area contributed by atoms with Crippen LogP contribution in [0, 0.1) is 0 Å². The van der Waals surface area contributed by atoms with E-state index in [-0.39, 0.29) is 0 Å². The highest BCUT2D eigenvalue weighted by Gasteiger charge is 2.06. The number of benzene rings is 2. The molecule has 0 radical (unpaired) electrons. The van der Waals surface area contributed by atoms with E-state index in [2.05, 4.69) is 5.32 Å². The van der Waals surface area contributed by atoms with Crippen LogP contribution in [0.1, 0.15) is 10.4 Å². The molecule has 0 saturated heterocycles. The Hall–Kier alpha value is -2.14. The summed E-state index contributed by atoms with van der Waals surface area (Å²) in [6.45, 7) is 0. The van der Waals surface area contributed by atoms with Gasteiger partial charge in [-0.1, -0.05) is 0 Å². The maximum atomic E-state index is 11.2. The third-order valence-corrected chi connectivity index (χ3v) is 3.44. The summed E-state index contributed by atoms with van der Waals surface area (Å²) in [5, 5.41) is 3.21. The summed E-state index contributed by atoms with van der Waals surface area (Å²) < 4.78 is 0. The molecule has 0 saturated carbocycles. The quantitative estimate of drug-likeness (QED) is 0.591. The summed E-state index contributed by atoms with van der Waals surface area (Å²) in [6.07, 6.45) is 2.03. The molecule has 2 rings (SSSR count). The summed E-state index contributed by atoms with van der Waals surface area (Å²) in [6, 6.07) is 13.1. The van der Waals surface area contributed by atoms with Crippen LogP contribution in [0.4, 0.5) is 17.1 Å². The molecule has 2 aromatic carbocycles. The van der Waals surface area contributed by atoms with E-state index in [1.165, 1.54) is 4.90 Å². The normalized spacial score (nSPS) is 10.2. The molecule has 0 aliphatic heterocycles. The molecule has 0 bridgehead atoms. The fourth-order valence-electron chi connectivity index (χ4n) is 1.69. The van der Waals surface area contributed by atoms with Crippen LogP contribution in [0.25, 0.3) is 0 Å². The van der Waals surface area contributed by atoms with Gasteiger partial charge in [0.25, 0.3) is 5.91 Å². The minimum absolute atomic E-state index is 0.325. The topological polar surface area (TPSA) is 81.1 Å². The number of primary amides is 1. The van der Waals surface area contributed by atoms with Crippen LogP contribution in [0.2, 0.25) is 0 Å². The number of thioether (sulfide) groups is 1. The lowest BCUT2D eigenvalue weighted by Crippen LogP contribution is -2.13. The third-order valence-electron chi connectivity index (χ3n) is 2.70. The Labute approximate surface area is 116 Å². The Morgan fingerprint density at radius 3 is 2.32 bits per heavy atom. The van der Waals surface area contributed by atoms with Crippen molar-refractivity contribution in [3.05, 3.63) is 48.0 Å². The highest BCUT2D eigenvalue weighted by molar-refractivity contribution is 7.98. The van der Waals surface area contributed by atoms with Crippen molar-refractivity contribution in [1.29, 1.82) is 0 Å². The summed E-state index contributed by atoms with van der Waals surface area (Å²) in [5.41, 5.74) is 13.4. The Kier molecular flexibility index (Phi) is 3.97. The van der Waals surface area contributed by atoms with E-state index in [9.17, 15) is 4.79 Å². The zero-order chi connectivity index (χ0) is 13.8. The molecule has 5 heteroatoms. The van der Waals surface area contributed by atoms with Crippen molar-refractivity contribution in [2.24, 2.45) is 5.73 Å². The smallest absolute Gasteiger partial charge is 0.250 e. The fourth-order valence-corrected chi connectivity index (χ4v) is 2.10. The summed E-state index contributed by atoms with van der Waals surface area (Å²) in [4.78, 5) is 12.4. The molecule has 0 fully saturated rings. The zero-order valence-electron chi connectivity index (χ0n) is 10.5. The van der Waals surface area contributed by atoms with Crippen molar-refractivity contribution in [2.75, 3.05) is 17.3 Å². The number of anilines is 3. The van der Waals surface area contributed by atoms with Crippen molar-refractivity contribution < 1.29 is 4.79 Å². The van der Waals surface area contributed by atoms with Gasteiger partial charge in [-0.25, -0.2) is 0 Å². The Bertz CT molecular complexity index is 596. The molecule has 0 heterocycles. The lowest BCUT2D eigenvalue weighted by molar-refractivity contribution is 0.100. The molecule has 2 aromatic rings. The fraction of sp³-hybridized carbons (Fsp3) is 0.0714. The highest BCUT2D eigenvalue weighted by atomic mass is 32.2. The van der Waals surface area contributed by atoms with Crippen molar-refractivity contribution in [2.45, 2.75) is 4.90 Å². The number of amides is 1. The second-order valence-electron chi connectivity index (χ2n) is 4.02. The molecule has 98 valence electrons. The second kappa shape index (κ2) is 5.67. The first-order chi connectivity index (χ1) is 9.10. The molecule has 5 N–H and O–H groups in total. The van der Waals surface area contributed by atoms with Gasteiger partial charge in [0.15, 0.2) is 0 Å². The minimum Gasteiger partial charge on any atom is -0.398 e. The highest BCUT2D eigenvalue weighted by Crippen LogP contribution is 2.23. The molecule has 1 amide bonds. The standard InChI is InChI=1S/C14H15N3OS/c1-19-11-5-2-9(3-6-11)17-10-4-7-13(15)12(8-10)14(16)18/h2-8,17H,15H2,1H3,(H2,16,18). The number of carbonyl (C=O) groups is 1. The lowest BCUT2D eigenvalue weighted by Gasteiger charge is -2.09. The van der Waals surface area contributed by atoms with E-state index >= 15 is 0 Å². The van der Waals surface area contributed by atoms with Gasteiger partial charge in [-0.3, -0.25) is 4.79 Å². The van der Waals surface area contributed by atoms with Crippen LogP contribution in [0.15, 0.2) is 47.4 Å². The van der Waals surface area contributed by atoms with E-state index in [0.717, 1.165) is 11.4 Å². The van der Waals surface area contributed by atoms with Gasteiger partial charge in [-0.05, 0) is 48.7 Å². The molecule has 0 spiro atoms. The minimum atomic E-state index is -0.529. The van der Waals surface area contributed by atoms with Crippen molar-refractivity contribution in [1.82, 2.24) is 0 Å². The van der Waals surface area contributed by atoms with Crippen LogP contribution in [-0.2, 0) is 0 Å². The monoisotopic (exact) mass is 273 g/mol. The Morgan fingerprint density at radius 2 is 1.74 bits per heavy atom. The van der Waals surface area contributed by atoms with E-state index in [1.807, 2.05) is 36.6 Å². The van der Waals surface area contributed by atoms with E-state index < -0.39 is 5.91 Å². The largest absolute Gasteiger partial charge is 0.398 e. The SMILES string of the molecule is CSc1ccc(Nc2ccc(N)c(C(N)=O)c2)cc1. The molecular formula is C14H15N3OS. The van der Waals surface area contributed by atoms with Gasteiger partial charge in [0, 0.05) is 22.0 Å². The predicted molar refractivity (Wildman–Crippen MR) is 80.9 cm³/mol. The molecule has 0 aliphatic rings. The van der Waals surface area contributed by atoms with Gasteiger partial charge in [0.1, 0.15) is 0 Å². The number of nitrogens with two attached hydrogens (primary N) is 2. The molecule has 0 aromatic heterocycles. The van der Waals surface area contributed by atoms with E-state index in [4.69, 9.17) is 11.5 Å². The molecule has 0 atom stereocenters.